The summed E-state index contributed by atoms with van der Waals surface area (Å²) in [6.45, 7) is 5.12. The second-order valence-corrected chi connectivity index (χ2v) is 6.06. The van der Waals surface area contributed by atoms with Crippen LogP contribution in [0.3, 0.4) is 0 Å². The van der Waals surface area contributed by atoms with E-state index in [1.807, 2.05) is 5.38 Å². The van der Waals surface area contributed by atoms with Crippen LogP contribution in [-0.4, -0.2) is 16.5 Å². The molecule has 1 atom stereocenters. The molecule has 0 bridgehead atoms. The number of anilines is 2. The Bertz CT molecular complexity index is 662. The highest BCUT2D eigenvalue weighted by Crippen LogP contribution is 2.31. The quantitative estimate of drug-likeness (QED) is 0.572. The lowest BCUT2D eigenvalue weighted by Crippen LogP contribution is -2.19. The molecule has 8 heteroatoms. The third kappa shape index (κ3) is 4.16. The largest absolute Gasteiger partial charge is 0.330 e. The summed E-state index contributed by atoms with van der Waals surface area (Å²) in [5, 5.41) is 20.1. The average molecular weight is 341 g/mol. The van der Waals surface area contributed by atoms with Crippen LogP contribution < -0.4 is 10.6 Å². The molecule has 6 nitrogen and oxygen atoms in total. The van der Waals surface area contributed by atoms with Gasteiger partial charge in [0, 0.05) is 23.6 Å². The van der Waals surface area contributed by atoms with Crippen molar-refractivity contribution in [3.05, 3.63) is 44.4 Å². The van der Waals surface area contributed by atoms with Crippen LogP contribution in [0.4, 0.5) is 16.5 Å². The van der Waals surface area contributed by atoms with E-state index in [1.54, 1.807) is 6.07 Å². The first-order valence-electron chi connectivity index (χ1n) is 6.91. The third-order valence-electron chi connectivity index (χ3n) is 3.07. The summed E-state index contributed by atoms with van der Waals surface area (Å²) in [6, 6.07) is 4.50. The van der Waals surface area contributed by atoms with E-state index in [-0.39, 0.29) is 11.7 Å². The van der Waals surface area contributed by atoms with Gasteiger partial charge in [-0.1, -0.05) is 18.5 Å². The first-order valence-corrected chi connectivity index (χ1v) is 8.16. The molecule has 0 aliphatic rings. The first-order chi connectivity index (χ1) is 10.5. The molecular formula is C14H17ClN4O2S. The lowest BCUT2D eigenvalue weighted by molar-refractivity contribution is -0.384. The number of aromatic nitrogens is 1. The Morgan fingerprint density at radius 2 is 2.27 bits per heavy atom. The second-order valence-electron chi connectivity index (χ2n) is 4.80. The number of hydrogen-bond acceptors (Lipinski definition) is 6. The molecule has 1 aromatic heterocycles. The Balaban J connectivity index is 2.08. The number of rotatable bonds is 7. The van der Waals surface area contributed by atoms with Crippen LogP contribution in [0.25, 0.3) is 0 Å². The average Bonchev–Trinajstić information content (AvgIpc) is 2.95. The van der Waals surface area contributed by atoms with Crippen LogP contribution in [-0.2, 0) is 0 Å². The Hall–Kier alpha value is -1.70. The lowest BCUT2D eigenvalue weighted by Gasteiger charge is -2.10. The standard InChI is InChI=1S/C14H17ClN4O2S/c1-3-6-16-9(2)13-8-22-14(18-13)17-12-5-4-10(19(20)21)7-11(12)15/h4-5,7-9,16H,3,6H2,1-2H3,(H,17,18). The topological polar surface area (TPSA) is 80.1 Å². The zero-order chi connectivity index (χ0) is 16.1. The molecule has 0 aliphatic carbocycles. The molecule has 1 heterocycles. The van der Waals surface area contributed by atoms with Gasteiger partial charge in [0.05, 0.1) is 21.3 Å². The van der Waals surface area contributed by atoms with Gasteiger partial charge in [-0.3, -0.25) is 10.1 Å². The zero-order valence-electron chi connectivity index (χ0n) is 12.3. The molecule has 0 amide bonds. The van der Waals surface area contributed by atoms with Crippen molar-refractivity contribution < 1.29 is 4.92 Å². The van der Waals surface area contributed by atoms with Crippen molar-refractivity contribution in [2.75, 3.05) is 11.9 Å². The van der Waals surface area contributed by atoms with Crippen LogP contribution in [0.1, 0.15) is 32.0 Å². The van der Waals surface area contributed by atoms with E-state index in [0.717, 1.165) is 18.7 Å². The summed E-state index contributed by atoms with van der Waals surface area (Å²) in [4.78, 5) is 14.7. The van der Waals surface area contributed by atoms with Crippen molar-refractivity contribution >= 4 is 39.4 Å². The fraction of sp³-hybridized carbons (Fsp3) is 0.357. The molecule has 0 radical (unpaired) electrons. The Morgan fingerprint density at radius 1 is 1.50 bits per heavy atom. The minimum Gasteiger partial charge on any atom is -0.330 e. The highest BCUT2D eigenvalue weighted by molar-refractivity contribution is 7.13. The van der Waals surface area contributed by atoms with Crippen LogP contribution >= 0.6 is 22.9 Å². The van der Waals surface area contributed by atoms with E-state index >= 15 is 0 Å². The molecule has 2 rings (SSSR count). The predicted molar refractivity (Wildman–Crippen MR) is 90.2 cm³/mol. The molecule has 2 aromatic rings. The summed E-state index contributed by atoms with van der Waals surface area (Å²) < 4.78 is 0. The van der Waals surface area contributed by atoms with Crippen LogP contribution in [0.2, 0.25) is 5.02 Å². The van der Waals surface area contributed by atoms with Gasteiger partial charge < -0.3 is 10.6 Å². The number of nitrogens with one attached hydrogen (secondary N) is 2. The van der Waals surface area contributed by atoms with Gasteiger partial charge in [0.1, 0.15) is 0 Å². The molecule has 0 saturated carbocycles. The summed E-state index contributed by atoms with van der Waals surface area (Å²) in [5.74, 6) is 0. The second kappa shape index (κ2) is 7.53. The van der Waals surface area contributed by atoms with Gasteiger partial charge >= 0.3 is 0 Å². The molecular weight excluding hydrogens is 324 g/mol. The van der Waals surface area contributed by atoms with Crippen molar-refractivity contribution in [1.82, 2.24) is 10.3 Å². The zero-order valence-corrected chi connectivity index (χ0v) is 13.9. The highest BCUT2D eigenvalue weighted by Gasteiger charge is 2.12. The minimum atomic E-state index is -0.474. The fourth-order valence-electron chi connectivity index (χ4n) is 1.84. The van der Waals surface area contributed by atoms with Crippen molar-refractivity contribution in [2.24, 2.45) is 0 Å². The summed E-state index contributed by atoms with van der Waals surface area (Å²) >= 11 is 7.53. The maximum atomic E-state index is 10.7. The summed E-state index contributed by atoms with van der Waals surface area (Å²) in [5.41, 5.74) is 1.52. The Kier molecular flexibility index (Phi) is 5.70. The van der Waals surface area contributed by atoms with E-state index in [0.29, 0.717) is 15.8 Å². The number of halogens is 1. The van der Waals surface area contributed by atoms with Crippen molar-refractivity contribution in [1.29, 1.82) is 0 Å². The van der Waals surface area contributed by atoms with Crippen LogP contribution in [0.5, 0.6) is 0 Å². The SMILES string of the molecule is CCCNC(C)c1csc(Nc2ccc([N+](=O)[O-])cc2Cl)n1. The van der Waals surface area contributed by atoms with Crippen molar-refractivity contribution in [3.63, 3.8) is 0 Å². The van der Waals surface area contributed by atoms with Gasteiger partial charge in [-0.2, -0.15) is 0 Å². The molecule has 0 aliphatic heterocycles. The number of nitrogens with zero attached hydrogens (tertiary/aromatic N) is 2. The smallest absolute Gasteiger partial charge is 0.271 e. The molecule has 118 valence electrons. The molecule has 1 aromatic carbocycles. The normalized spacial score (nSPS) is 12.1. The molecule has 2 N–H and O–H groups in total. The summed E-state index contributed by atoms with van der Waals surface area (Å²) in [6.07, 6.45) is 1.07. The number of benzene rings is 1. The number of non-ortho nitro benzene ring substituents is 1. The van der Waals surface area contributed by atoms with Crippen molar-refractivity contribution in [2.45, 2.75) is 26.3 Å². The molecule has 0 saturated heterocycles. The molecule has 22 heavy (non-hydrogen) atoms. The van der Waals surface area contributed by atoms with Crippen LogP contribution in [0.15, 0.2) is 23.6 Å². The summed E-state index contributed by atoms with van der Waals surface area (Å²) in [7, 11) is 0. The Morgan fingerprint density at radius 3 is 2.91 bits per heavy atom. The Labute approximate surface area is 137 Å². The van der Waals surface area contributed by atoms with Gasteiger partial charge in [-0.15, -0.1) is 11.3 Å². The van der Waals surface area contributed by atoms with E-state index < -0.39 is 4.92 Å². The van der Waals surface area contributed by atoms with Gasteiger partial charge in [0.2, 0.25) is 0 Å². The number of thiazole rings is 1. The minimum absolute atomic E-state index is 0.0345. The van der Waals surface area contributed by atoms with Crippen LogP contribution in [0, 0.1) is 10.1 Å². The van der Waals surface area contributed by atoms with E-state index in [1.165, 1.54) is 23.5 Å². The lowest BCUT2D eigenvalue weighted by atomic mass is 10.2. The fourth-order valence-corrected chi connectivity index (χ4v) is 2.88. The van der Waals surface area contributed by atoms with E-state index in [4.69, 9.17) is 11.6 Å². The number of hydrogen-bond donors (Lipinski definition) is 2. The van der Waals surface area contributed by atoms with Gasteiger partial charge in [-0.05, 0) is 26.0 Å². The van der Waals surface area contributed by atoms with Gasteiger partial charge in [0.25, 0.3) is 5.69 Å². The molecule has 0 fully saturated rings. The van der Waals surface area contributed by atoms with Gasteiger partial charge in [0.15, 0.2) is 5.13 Å². The third-order valence-corrected chi connectivity index (χ3v) is 4.16. The monoisotopic (exact) mass is 340 g/mol. The van der Waals surface area contributed by atoms with E-state index in [2.05, 4.69) is 29.5 Å². The maximum Gasteiger partial charge on any atom is 0.271 e. The first kappa shape index (κ1) is 16.7. The molecule has 0 spiro atoms. The number of nitro benzene ring substituents is 1. The molecule has 1 unspecified atom stereocenters. The van der Waals surface area contributed by atoms with Crippen molar-refractivity contribution in [3.8, 4) is 0 Å². The van der Waals surface area contributed by atoms with E-state index in [9.17, 15) is 10.1 Å². The predicted octanol–water partition coefficient (Wildman–Crippen LogP) is 4.51. The maximum absolute atomic E-state index is 10.7. The van der Waals surface area contributed by atoms with Gasteiger partial charge in [-0.25, -0.2) is 4.98 Å². The number of nitro groups is 1. The highest BCUT2D eigenvalue weighted by atomic mass is 35.5.